The molecule has 2 heterocycles. The summed E-state index contributed by atoms with van der Waals surface area (Å²) in [7, 11) is 0. The summed E-state index contributed by atoms with van der Waals surface area (Å²) in [6, 6.07) is -0.0908. The van der Waals surface area contributed by atoms with E-state index in [9.17, 15) is 14.7 Å². The highest BCUT2D eigenvalue weighted by Gasteiger charge is 2.35. The molecule has 1 fully saturated rings. The number of nitrogens with one attached hydrogen (secondary N) is 1. The maximum atomic E-state index is 11.9. The molecule has 20 heavy (non-hydrogen) atoms. The monoisotopic (exact) mass is 283 g/mol. The number of hydrogen-bond donors (Lipinski definition) is 3. The van der Waals surface area contributed by atoms with Crippen molar-refractivity contribution in [3.63, 3.8) is 0 Å². The Morgan fingerprint density at radius 1 is 1.60 bits per heavy atom. The second-order valence-corrected chi connectivity index (χ2v) is 5.32. The predicted octanol–water partition coefficient (Wildman–Crippen LogP) is -0.515. The molecule has 0 amide bonds. The molecule has 4 N–H and O–H groups in total. The van der Waals surface area contributed by atoms with Crippen molar-refractivity contribution >= 4 is 0 Å². The summed E-state index contributed by atoms with van der Waals surface area (Å²) in [5.41, 5.74) is 5.32. The maximum absolute atomic E-state index is 11.9. The zero-order chi connectivity index (χ0) is 14.9. The smallest absolute Gasteiger partial charge is 0.330 e. The zero-order valence-electron chi connectivity index (χ0n) is 11.7. The van der Waals surface area contributed by atoms with Crippen molar-refractivity contribution in [1.82, 2.24) is 9.55 Å². The van der Waals surface area contributed by atoms with Crippen LogP contribution in [0.3, 0.4) is 0 Å². The molecule has 112 valence electrons. The molecule has 7 nitrogen and oxygen atoms in total. The zero-order valence-corrected chi connectivity index (χ0v) is 11.7. The Kier molecular flexibility index (Phi) is 4.42. The maximum Gasteiger partial charge on any atom is 0.330 e. The Bertz CT molecular complexity index is 578. The molecule has 7 heteroatoms. The van der Waals surface area contributed by atoms with E-state index in [-0.39, 0.29) is 17.7 Å². The third kappa shape index (κ3) is 3.00. The molecular formula is C13H21N3O4. The van der Waals surface area contributed by atoms with Crippen molar-refractivity contribution in [1.29, 1.82) is 0 Å². The largest absolute Gasteiger partial charge is 0.390 e. The number of nitrogens with zero attached hydrogens (tertiary/aromatic N) is 1. The van der Waals surface area contributed by atoms with Gasteiger partial charge in [0.1, 0.15) is 6.23 Å². The van der Waals surface area contributed by atoms with Gasteiger partial charge >= 0.3 is 5.69 Å². The van der Waals surface area contributed by atoms with E-state index in [0.717, 1.165) is 0 Å². The highest BCUT2D eigenvalue weighted by atomic mass is 16.5. The molecule has 2 rings (SSSR count). The Morgan fingerprint density at radius 2 is 2.30 bits per heavy atom. The van der Waals surface area contributed by atoms with Crippen LogP contribution in [0.1, 0.15) is 38.5 Å². The van der Waals surface area contributed by atoms with Gasteiger partial charge in [0.25, 0.3) is 5.56 Å². The van der Waals surface area contributed by atoms with Crippen molar-refractivity contribution in [2.75, 3.05) is 0 Å². The predicted molar refractivity (Wildman–Crippen MR) is 73.5 cm³/mol. The van der Waals surface area contributed by atoms with Crippen molar-refractivity contribution in [3.8, 4) is 0 Å². The van der Waals surface area contributed by atoms with Crippen LogP contribution >= 0.6 is 0 Å². The average molecular weight is 283 g/mol. The van der Waals surface area contributed by atoms with E-state index < -0.39 is 18.0 Å². The van der Waals surface area contributed by atoms with Crippen LogP contribution < -0.4 is 17.0 Å². The summed E-state index contributed by atoms with van der Waals surface area (Å²) in [5.74, 6) is 0. The lowest BCUT2D eigenvalue weighted by Gasteiger charge is -2.17. The van der Waals surface area contributed by atoms with E-state index >= 15 is 0 Å². The molecule has 2 unspecified atom stereocenters. The summed E-state index contributed by atoms with van der Waals surface area (Å²) in [6.07, 6.45) is 1.26. The third-order valence-corrected chi connectivity index (χ3v) is 3.54. The van der Waals surface area contributed by atoms with Gasteiger partial charge in [0.15, 0.2) is 0 Å². The van der Waals surface area contributed by atoms with Crippen molar-refractivity contribution < 1.29 is 9.84 Å². The van der Waals surface area contributed by atoms with Gasteiger partial charge in [-0.1, -0.05) is 6.92 Å². The molecule has 1 aliphatic heterocycles. The van der Waals surface area contributed by atoms with Gasteiger partial charge in [-0.05, 0) is 19.8 Å². The molecule has 0 bridgehead atoms. The van der Waals surface area contributed by atoms with Crippen molar-refractivity contribution in [2.45, 2.75) is 57.6 Å². The summed E-state index contributed by atoms with van der Waals surface area (Å²) in [5, 5.41) is 9.97. The quantitative estimate of drug-likeness (QED) is 0.689. The second-order valence-electron chi connectivity index (χ2n) is 5.32. The van der Waals surface area contributed by atoms with Gasteiger partial charge in [0.05, 0.1) is 12.2 Å². The fourth-order valence-corrected chi connectivity index (χ4v) is 2.46. The first-order valence-electron chi connectivity index (χ1n) is 6.85. The van der Waals surface area contributed by atoms with E-state index in [2.05, 4.69) is 4.98 Å². The third-order valence-electron chi connectivity index (χ3n) is 3.54. The van der Waals surface area contributed by atoms with Crippen LogP contribution in [0.5, 0.6) is 0 Å². The molecular weight excluding hydrogens is 262 g/mol. The number of aromatic nitrogens is 2. The first-order valence-corrected chi connectivity index (χ1v) is 6.85. The number of hydrogen-bond acceptors (Lipinski definition) is 5. The van der Waals surface area contributed by atoms with Crippen LogP contribution in [-0.4, -0.2) is 32.9 Å². The molecule has 0 radical (unpaired) electrons. The number of nitrogens with two attached hydrogens (primary N) is 1. The van der Waals surface area contributed by atoms with E-state index in [1.165, 1.54) is 10.8 Å². The molecule has 1 aromatic heterocycles. The van der Waals surface area contributed by atoms with Gasteiger partial charge in [-0.2, -0.15) is 0 Å². The molecule has 1 aliphatic rings. The molecule has 0 aromatic carbocycles. The number of ether oxygens (including phenoxy) is 1. The van der Waals surface area contributed by atoms with Crippen LogP contribution in [0.4, 0.5) is 0 Å². The van der Waals surface area contributed by atoms with Crippen molar-refractivity contribution in [3.05, 3.63) is 32.6 Å². The minimum Gasteiger partial charge on any atom is -0.390 e. The first kappa shape index (κ1) is 15.0. The number of rotatable bonds is 4. The average Bonchev–Trinajstić information content (AvgIpc) is 2.70. The molecule has 0 aliphatic carbocycles. The Balaban J connectivity index is 2.25. The normalized spacial score (nSPS) is 27.7. The van der Waals surface area contributed by atoms with Crippen LogP contribution in [0.15, 0.2) is 15.8 Å². The number of H-pyrrole nitrogens is 1. The van der Waals surface area contributed by atoms with Crippen LogP contribution in [-0.2, 0) is 11.2 Å². The molecule has 1 aromatic rings. The van der Waals surface area contributed by atoms with Crippen LogP contribution in [0.2, 0.25) is 0 Å². The van der Waals surface area contributed by atoms with E-state index in [1.807, 2.05) is 13.8 Å². The van der Waals surface area contributed by atoms with Crippen molar-refractivity contribution in [2.24, 2.45) is 5.73 Å². The Morgan fingerprint density at radius 3 is 2.90 bits per heavy atom. The van der Waals surface area contributed by atoms with Crippen LogP contribution in [0.25, 0.3) is 0 Å². The van der Waals surface area contributed by atoms with Gasteiger partial charge in [-0.3, -0.25) is 14.3 Å². The summed E-state index contributed by atoms with van der Waals surface area (Å²) >= 11 is 0. The van der Waals surface area contributed by atoms with Gasteiger partial charge < -0.3 is 15.6 Å². The first-order chi connectivity index (χ1) is 9.42. The van der Waals surface area contributed by atoms with Crippen LogP contribution in [0, 0.1) is 0 Å². The standard InChI is InChI=1S/C13H21N3O4/c1-3-8-6-16(13(19)15-12(8)18)11-5-9(17)10(20-11)4-7(2)14/h6-7,9-11,17H,3-5,14H2,1-2H3,(H,15,18,19)/t7?,9?,10-,11-/m0/s1. The number of aromatic amines is 1. The summed E-state index contributed by atoms with van der Waals surface area (Å²) < 4.78 is 7.04. The lowest BCUT2D eigenvalue weighted by molar-refractivity contribution is -0.0264. The lowest BCUT2D eigenvalue weighted by atomic mass is 10.1. The van der Waals surface area contributed by atoms with E-state index in [0.29, 0.717) is 24.8 Å². The molecule has 1 saturated heterocycles. The lowest BCUT2D eigenvalue weighted by Crippen LogP contribution is -2.34. The number of aliphatic hydroxyl groups is 1. The van der Waals surface area contributed by atoms with Gasteiger partial charge in [0.2, 0.25) is 0 Å². The Labute approximate surface area is 116 Å². The van der Waals surface area contributed by atoms with Gasteiger partial charge in [-0.25, -0.2) is 4.79 Å². The summed E-state index contributed by atoms with van der Waals surface area (Å²) in [6.45, 7) is 3.67. The summed E-state index contributed by atoms with van der Waals surface area (Å²) in [4.78, 5) is 25.7. The van der Waals surface area contributed by atoms with E-state index in [4.69, 9.17) is 10.5 Å². The molecule has 0 saturated carbocycles. The number of aryl methyl sites for hydroxylation is 1. The fraction of sp³-hybridized carbons (Fsp3) is 0.692. The molecule has 0 spiro atoms. The second kappa shape index (κ2) is 5.90. The van der Waals surface area contributed by atoms with Gasteiger partial charge in [-0.15, -0.1) is 0 Å². The van der Waals surface area contributed by atoms with Gasteiger partial charge in [0, 0.05) is 24.2 Å². The molecule has 4 atom stereocenters. The minimum atomic E-state index is -0.657. The highest BCUT2D eigenvalue weighted by Crippen LogP contribution is 2.29. The highest BCUT2D eigenvalue weighted by molar-refractivity contribution is 5.04. The SMILES string of the molecule is CCc1cn([C@@H]2CC(O)[C@H](CC(C)N)O2)c(=O)[nH]c1=O. The fourth-order valence-electron chi connectivity index (χ4n) is 2.46. The number of aliphatic hydroxyl groups excluding tert-OH is 1. The van der Waals surface area contributed by atoms with E-state index in [1.54, 1.807) is 0 Å². The minimum absolute atomic E-state index is 0.0908. The Hall–Kier alpha value is -1.44. The topological polar surface area (TPSA) is 110 Å².